The third-order valence-electron chi connectivity index (χ3n) is 2.77. The highest BCUT2D eigenvalue weighted by molar-refractivity contribution is 7.14. The van der Waals surface area contributed by atoms with Crippen molar-refractivity contribution in [3.8, 4) is 0 Å². The predicted molar refractivity (Wildman–Crippen MR) is 85.1 cm³/mol. The van der Waals surface area contributed by atoms with E-state index in [1.807, 2.05) is 0 Å². The summed E-state index contributed by atoms with van der Waals surface area (Å²) in [4.78, 5) is 42.2. The lowest BCUT2D eigenvalue weighted by Crippen LogP contribution is -2.26. The quantitative estimate of drug-likeness (QED) is 0.645. The minimum atomic E-state index is -0.640. The van der Waals surface area contributed by atoms with Crippen LogP contribution in [0.2, 0.25) is 0 Å². The molecule has 120 valence electrons. The highest BCUT2D eigenvalue weighted by Crippen LogP contribution is 2.15. The van der Waals surface area contributed by atoms with Crippen LogP contribution in [0, 0.1) is 0 Å². The van der Waals surface area contributed by atoms with Crippen LogP contribution < -0.4 is 16.4 Å². The zero-order valence-corrected chi connectivity index (χ0v) is 12.9. The number of amides is 3. The first-order valence-corrected chi connectivity index (χ1v) is 7.68. The number of rotatable bonds is 7. The molecule has 0 atom stereocenters. The van der Waals surface area contributed by atoms with Crippen LogP contribution in [-0.4, -0.2) is 34.2 Å². The summed E-state index contributed by atoms with van der Waals surface area (Å²) in [6.45, 7) is 0.354. The van der Waals surface area contributed by atoms with Gasteiger partial charge in [0.2, 0.25) is 5.91 Å². The number of carbonyl (C=O) groups is 3. The maximum absolute atomic E-state index is 11.7. The molecule has 0 fully saturated rings. The lowest BCUT2D eigenvalue weighted by atomic mass is 10.3. The first-order valence-electron chi connectivity index (χ1n) is 6.80. The number of anilines is 1. The summed E-state index contributed by atoms with van der Waals surface area (Å²) in [6.07, 6.45) is 2.23. The molecule has 2 heterocycles. The molecule has 3 amide bonds. The van der Waals surface area contributed by atoms with Gasteiger partial charge in [0.1, 0.15) is 11.4 Å². The molecular weight excluding hydrogens is 318 g/mol. The lowest BCUT2D eigenvalue weighted by molar-refractivity contribution is -0.116. The molecule has 9 heteroatoms. The first kappa shape index (κ1) is 16.6. The van der Waals surface area contributed by atoms with Crippen LogP contribution in [0.5, 0.6) is 0 Å². The molecule has 23 heavy (non-hydrogen) atoms. The third kappa shape index (κ3) is 5.15. The minimum Gasteiger partial charge on any atom is -0.364 e. The van der Waals surface area contributed by atoms with Gasteiger partial charge in [0.25, 0.3) is 11.8 Å². The van der Waals surface area contributed by atoms with Crippen molar-refractivity contribution in [2.75, 3.05) is 11.9 Å². The van der Waals surface area contributed by atoms with Crippen molar-refractivity contribution in [2.45, 2.75) is 12.8 Å². The van der Waals surface area contributed by atoms with Crippen LogP contribution in [0.4, 0.5) is 5.13 Å². The smallest absolute Gasteiger partial charge is 0.269 e. The van der Waals surface area contributed by atoms with Crippen LogP contribution in [-0.2, 0) is 4.79 Å². The average Bonchev–Trinajstić information content (AvgIpc) is 3.01. The minimum absolute atomic E-state index is 0.118. The highest BCUT2D eigenvalue weighted by Gasteiger charge is 2.10. The number of primary amides is 1. The Bertz CT molecular complexity index is 701. The van der Waals surface area contributed by atoms with Gasteiger partial charge >= 0.3 is 0 Å². The van der Waals surface area contributed by atoms with Gasteiger partial charge in [-0.05, 0) is 18.6 Å². The molecule has 0 aliphatic carbocycles. The molecule has 0 aliphatic rings. The fourth-order valence-electron chi connectivity index (χ4n) is 1.66. The van der Waals surface area contributed by atoms with Crippen LogP contribution in [0.3, 0.4) is 0 Å². The van der Waals surface area contributed by atoms with Gasteiger partial charge in [0.15, 0.2) is 5.13 Å². The maximum Gasteiger partial charge on any atom is 0.269 e. The van der Waals surface area contributed by atoms with E-state index in [9.17, 15) is 14.4 Å². The van der Waals surface area contributed by atoms with Crippen molar-refractivity contribution < 1.29 is 14.4 Å². The molecular formula is C14H15N5O3S. The zero-order chi connectivity index (χ0) is 16.7. The fourth-order valence-corrected chi connectivity index (χ4v) is 2.38. The van der Waals surface area contributed by atoms with Crippen molar-refractivity contribution in [3.63, 3.8) is 0 Å². The van der Waals surface area contributed by atoms with E-state index in [-0.39, 0.29) is 23.9 Å². The number of nitrogens with two attached hydrogens (primary N) is 1. The monoisotopic (exact) mass is 333 g/mol. The molecule has 4 N–H and O–H groups in total. The van der Waals surface area contributed by atoms with Crippen molar-refractivity contribution in [1.29, 1.82) is 0 Å². The number of pyridine rings is 1. The maximum atomic E-state index is 11.7. The SMILES string of the molecule is NC(=O)c1csc(NC(=O)CCCNC(=O)c2ccccn2)n1. The lowest BCUT2D eigenvalue weighted by Gasteiger charge is -2.04. The molecule has 0 aliphatic heterocycles. The van der Waals surface area contributed by atoms with Crippen molar-refractivity contribution in [3.05, 3.63) is 41.2 Å². The molecule has 0 radical (unpaired) electrons. The van der Waals surface area contributed by atoms with Crippen molar-refractivity contribution in [2.24, 2.45) is 5.73 Å². The summed E-state index contributed by atoms with van der Waals surface area (Å²) in [5, 5.41) is 7.05. The van der Waals surface area contributed by atoms with Gasteiger partial charge in [-0.2, -0.15) is 0 Å². The summed E-state index contributed by atoms with van der Waals surface area (Å²) in [7, 11) is 0. The van der Waals surface area contributed by atoms with Gasteiger partial charge in [-0.3, -0.25) is 19.4 Å². The Hall–Kier alpha value is -2.81. The van der Waals surface area contributed by atoms with Crippen LogP contribution in [0.15, 0.2) is 29.8 Å². The summed E-state index contributed by atoms with van der Waals surface area (Å²) in [6, 6.07) is 5.06. The Labute approximate surface area is 136 Å². The Morgan fingerprint density at radius 3 is 2.70 bits per heavy atom. The largest absolute Gasteiger partial charge is 0.364 e. The van der Waals surface area contributed by atoms with E-state index in [2.05, 4.69) is 20.6 Å². The van der Waals surface area contributed by atoms with Crippen LogP contribution in [0.1, 0.15) is 33.8 Å². The van der Waals surface area contributed by atoms with E-state index in [1.165, 1.54) is 11.6 Å². The second-order valence-corrected chi connectivity index (χ2v) is 5.38. The Morgan fingerprint density at radius 1 is 1.22 bits per heavy atom. The topological polar surface area (TPSA) is 127 Å². The summed E-state index contributed by atoms with van der Waals surface area (Å²) >= 11 is 1.13. The first-order chi connectivity index (χ1) is 11.1. The Balaban J connectivity index is 1.68. The molecule has 0 bridgehead atoms. The van der Waals surface area contributed by atoms with Crippen molar-refractivity contribution in [1.82, 2.24) is 15.3 Å². The Kier molecular flexibility index (Phi) is 5.75. The van der Waals surface area contributed by atoms with Gasteiger partial charge in [-0.25, -0.2) is 4.98 Å². The number of hydrogen-bond donors (Lipinski definition) is 3. The zero-order valence-electron chi connectivity index (χ0n) is 12.1. The summed E-state index contributed by atoms with van der Waals surface area (Å²) in [5.41, 5.74) is 5.53. The van der Waals surface area contributed by atoms with E-state index in [0.29, 0.717) is 23.8 Å². The third-order valence-corrected chi connectivity index (χ3v) is 3.52. The average molecular weight is 333 g/mol. The molecule has 8 nitrogen and oxygen atoms in total. The van der Waals surface area contributed by atoms with E-state index in [0.717, 1.165) is 11.3 Å². The normalized spacial score (nSPS) is 10.1. The van der Waals surface area contributed by atoms with Crippen molar-refractivity contribution >= 4 is 34.2 Å². The van der Waals surface area contributed by atoms with E-state index < -0.39 is 5.91 Å². The van der Waals surface area contributed by atoms with Gasteiger partial charge in [-0.1, -0.05) is 6.07 Å². The molecule has 0 aromatic carbocycles. The number of carbonyl (C=O) groups excluding carboxylic acids is 3. The molecule has 0 spiro atoms. The fraction of sp³-hybridized carbons (Fsp3) is 0.214. The number of thiazole rings is 1. The second kappa shape index (κ2) is 7.99. The molecule has 2 aromatic heterocycles. The van der Waals surface area contributed by atoms with Crippen LogP contribution in [0.25, 0.3) is 0 Å². The van der Waals surface area contributed by atoms with E-state index >= 15 is 0 Å². The van der Waals surface area contributed by atoms with Gasteiger partial charge in [0, 0.05) is 24.5 Å². The highest BCUT2D eigenvalue weighted by atomic mass is 32.1. The summed E-state index contributed by atoms with van der Waals surface area (Å²) < 4.78 is 0. The molecule has 0 unspecified atom stereocenters. The molecule has 2 rings (SSSR count). The summed E-state index contributed by atoms with van der Waals surface area (Å²) in [5.74, 6) is -1.17. The molecule has 0 saturated carbocycles. The van der Waals surface area contributed by atoms with Gasteiger partial charge in [-0.15, -0.1) is 11.3 Å². The Morgan fingerprint density at radius 2 is 2.04 bits per heavy atom. The molecule has 0 saturated heterocycles. The second-order valence-electron chi connectivity index (χ2n) is 4.52. The van der Waals surface area contributed by atoms with E-state index in [1.54, 1.807) is 18.2 Å². The van der Waals surface area contributed by atoms with Gasteiger partial charge < -0.3 is 16.4 Å². The predicted octanol–water partition coefficient (Wildman–Crippen LogP) is 0.786. The standard InChI is InChI=1S/C14H15N5O3S/c15-12(21)10-8-23-14(18-10)19-11(20)5-3-7-17-13(22)9-4-1-2-6-16-9/h1-2,4,6,8H,3,5,7H2,(H2,15,21)(H,17,22)(H,18,19,20). The van der Waals surface area contributed by atoms with E-state index in [4.69, 9.17) is 5.73 Å². The number of nitrogens with zero attached hydrogens (tertiary/aromatic N) is 2. The molecule has 2 aromatic rings. The number of nitrogens with one attached hydrogen (secondary N) is 2. The number of hydrogen-bond acceptors (Lipinski definition) is 6. The number of aromatic nitrogens is 2. The van der Waals surface area contributed by atoms with Gasteiger partial charge in [0.05, 0.1) is 0 Å². The van der Waals surface area contributed by atoms with Crippen LogP contribution >= 0.6 is 11.3 Å².